The van der Waals surface area contributed by atoms with Crippen LogP contribution in [0.4, 0.5) is 13.2 Å². The molecule has 1 N–H and O–H groups in total. The summed E-state index contributed by atoms with van der Waals surface area (Å²) in [6, 6.07) is 7.81. The van der Waals surface area contributed by atoms with Crippen molar-refractivity contribution in [3.05, 3.63) is 29.8 Å². The van der Waals surface area contributed by atoms with Gasteiger partial charge in [-0.3, -0.25) is 9.89 Å². The van der Waals surface area contributed by atoms with Crippen LogP contribution in [-0.2, 0) is 6.54 Å². The lowest BCUT2D eigenvalue weighted by Crippen LogP contribution is -2.39. The van der Waals surface area contributed by atoms with Crippen LogP contribution in [0.3, 0.4) is 0 Å². The lowest BCUT2D eigenvalue weighted by molar-refractivity contribution is -0.143. The largest absolute Gasteiger partial charge is 0.496 e. The molecule has 0 aliphatic carbocycles. The Morgan fingerprint density at radius 3 is 2.78 bits per heavy atom. The van der Waals surface area contributed by atoms with Crippen molar-refractivity contribution in [3.8, 4) is 5.75 Å². The van der Waals surface area contributed by atoms with Gasteiger partial charge in [-0.2, -0.15) is 13.2 Å². The van der Waals surface area contributed by atoms with Crippen molar-refractivity contribution in [1.29, 1.82) is 0 Å². The highest BCUT2D eigenvalue weighted by Gasteiger charge is 2.34. The molecular formula is C19H29F3N4O. The number of nitrogens with zero attached hydrogens (tertiary/aromatic N) is 3. The zero-order chi connectivity index (χ0) is 19.9. The summed E-state index contributed by atoms with van der Waals surface area (Å²) in [5.74, 6) is 1.72. The highest BCUT2D eigenvalue weighted by Crippen LogP contribution is 2.23. The Kier molecular flexibility index (Phi) is 7.77. The van der Waals surface area contributed by atoms with Gasteiger partial charge in [0.2, 0.25) is 0 Å². The number of nitrogens with one attached hydrogen (secondary N) is 1. The van der Waals surface area contributed by atoms with E-state index in [-0.39, 0.29) is 5.92 Å². The van der Waals surface area contributed by atoms with Gasteiger partial charge in [-0.05, 0) is 31.9 Å². The minimum absolute atomic E-state index is 0.153. The first kappa shape index (κ1) is 21.3. The van der Waals surface area contributed by atoms with Crippen molar-refractivity contribution in [1.82, 2.24) is 15.1 Å². The smallest absolute Gasteiger partial charge is 0.401 e. The number of benzene rings is 1. The monoisotopic (exact) mass is 386 g/mol. The van der Waals surface area contributed by atoms with Crippen LogP contribution in [0.15, 0.2) is 29.3 Å². The van der Waals surface area contributed by atoms with Crippen LogP contribution in [-0.4, -0.2) is 68.8 Å². The molecule has 1 heterocycles. The van der Waals surface area contributed by atoms with E-state index in [2.05, 4.69) is 10.3 Å². The van der Waals surface area contributed by atoms with E-state index in [1.165, 1.54) is 4.90 Å². The van der Waals surface area contributed by atoms with E-state index in [1.54, 1.807) is 7.11 Å². The minimum Gasteiger partial charge on any atom is -0.496 e. The maximum absolute atomic E-state index is 12.5. The van der Waals surface area contributed by atoms with Crippen LogP contribution in [0, 0.1) is 5.92 Å². The summed E-state index contributed by atoms with van der Waals surface area (Å²) in [6.07, 6.45) is -3.39. The molecule has 1 atom stereocenters. The highest BCUT2D eigenvalue weighted by atomic mass is 19.4. The molecule has 0 bridgehead atoms. The van der Waals surface area contributed by atoms with Crippen LogP contribution in [0.25, 0.3) is 0 Å². The van der Waals surface area contributed by atoms with Gasteiger partial charge in [0.15, 0.2) is 5.96 Å². The van der Waals surface area contributed by atoms with Crippen LogP contribution < -0.4 is 10.1 Å². The van der Waals surface area contributed by atoms with Crippen LogP contribution in [0.1, 0.15) is 18.9 Å². The SMILES string of the molecule is CCNC(=NCC1CCN(CC(F)(F)F)C1)N(C)Cc1ccccc1OC. The molecule has 2 rings (SSSR count). The number of rotatable bonds is 7. The van der Waals surface area contributed by atoms with Crippen molar-refractivity contribution in [2.75, 3.05) is 46.9 Å². The van der Waals surface area contributed by atoms with Crippen LogP contribution >= 0.6 is 0 Å². The summed E-state index contributed by atoms with van der Waals surface area (Å²) in [7, 11) is 3.59. The average molecular weight is 386 g/mol. The van der Waals surface area contributed by atoms with E-state index in [0.717, 1.165) is 30.2 Å². The Labute approximate surface area is 159 Å². The lowest BCUT2D eigenvalue weighted by Gasteiger charge is -2.23. The maximum Gasteiger partial charge on any atom is 0.401 e. The van der Waals surface area contributed by atoms with Gasteiger partial charge in [0, 0.05) is 38.8 Å². The number of hydrogen-bond acceptors (Lipinski definition) is 3. The number of alkyl halides is 3. The Hall–Kier alpha value is -1.96. The third-order valence-electron chi connectivity index (χ3n) is 4.57. The van der Waals surface area contributed by atoms with Crippen molar-refractivity contribution in [2.24, 2.45) is 10.9 Å². The number of methoxy groups -OCH3 is 1. The molecule has 1 aromatic rings. The van der Waals surface area contributed by atoms with Gasteiger partial charge in [0.05, 0.1) is 13.7 Å². The molecule has 0 amide bonds. The number of hydrogen-bond donors (Lipinski definition) is 1. The summed E-state index contributed by atoms with van der Waals surface area (Å²) >= 11 is 0. The molecule has 1 saturated heterocycles. The second kappa shape index (κ2) is 9.82. The van der Waals surface area contributed by atoms with Crippen molar-refractivity contribution in [2.45, 2.75) is 26.1 Å². The molecule has 0 spiro atoms. The molecule has 8 heteroatoms. The first-order valence-electron chi connectivity index (χ1n) is 9.22. The van der Waals surface area contributed by atoms with E-state index >= 15 is 0 Å². The van der Waals surface area contributed by atoms with E-state index in [4.69, 9.17) is 4.74 Å². The van der Waals surface area contributed by atoms with E-state index in [1.807, 2.05) is 43.1 Å². The number of aliphatic imine (C=N–C) groups is 1. The van der Waals surface area contributed by atoms with Gasteiger partial charge in [-0.15, -0.1) is 0 Å². The molecule has 1 fully saturated rings. The molecule has 1 aliphatic heterocycles. The molecule has 0 radical (unpaired) electrons. The third-order valence-corrected chi connectivity index (χ3v) is 4.57. The van der Waals surface area contributed by atoms with Crippen molar-refractivity contribution >= 4 is 5.96 Å². The van der Waals surface area contributed by atoms with Crippen LogP contribution in [0.2, 0.25) is 0 Å². The highest BCUT2D eigenvalue weighted by molar-refractivity contribution is 5.79. The predicted octanol–water partition coefficient (Wildman–Crippen LogP) is 2.98. The number of para-hydroxylation sites is 1. The zero-order valence-corrected chi connectivity index (χ0v) is 16.2. The van der Waals surface area contributed by atoms with Gasteiger partial charge < -0.3 is 15.0 Å². The van der Waals surface area contributed by atoms with Crippen molar-refractivity contribution in [3.63, 3.8) is 0 Å². The molecule has 27 heavy (non-hydrogen) atoms. The molecule has 1 aromatic carbocycles. The van der Waals surface area contributed by atoms with E-state index in [0.29, 0.717) is 26.2 Å². The fourth-order valence-corrected chi connectivity index (χ4v) is 3.31. The Balaban J connectivity index is 1.95. The lowest BCUT2D eigenvalue weighted by atomic mass is 10.1. The number of halogens is 3. The zero-order valence-electron chi connectivity index (χ0n) is 16.2. The summed E-state index contributed by atoms with van der Waals surface area (Å²) in [5.41, 5.74) is 1.05. The van der Waals surface area contributed by atoms with Crippen molar-refractivity contribution < 1.29 is 17.9 Å². The van der Waals surface area contributed by atoms with E-state index in [9.17, 15) is 13.2 Å². The second-order valence-corrected chi connectivity index (χ2v) is 6.87. The first-order valence-corrected chi connectivity index (χ1v) is 9.22. The number of ether oxygens (including phenoxy) is 1. The average Bonchev–Trinajstić information content (AvgIpc) is 3.04. The van der Waals surface area contributed by atoms with Crippen LogP contribution in [0.5, 0.6) is 5.75 Å². The number of likely N-dealkylation sites (tertiary alicyclic amines) is 1. The molecule has 1 unspecified atom stereocenters. The third kappa shape index (κ3) is 6.93. The van der Waals surface area contributed by atoms with Gasteiger partial charge in [0.25, 0.3) is 0 Å². The van der Waals surface area contributed by atoms with E-state index < -0.39 is 12.7 Å². The quantitative estimate of drug-likeness (QED) is 0.578. The summed E-state index contributed by atoms with van der Waals surface area (Å²) in [4.78, 5) is 8.13. The predicted molar refractivity (Wildman–Crippen MR) is 101 cm³/mol. The molecule has 0 aromatic heterocycles. The first-order chi connectivity index (χ1) is 12.8. The minimum atomic E-state index is -4.14. The van der Waals surface area contributed by atoms with Gasteiger partial charge in [-0.25, -0.2) is 0 Å². The summed E-state index contributed by atoms with van der Waals surface area (Å²) in [6.45, 7) is 3.95. The fraction of sp³-hybridized carbons (Fsp3) is 0.632. The van der Waals surface area contributed by atoms with Gasteiger partial charge >= 0.3 is 6.18 Å². The molecule has 0 saturated carbocycles. The Morgan fingerprint density at radius 2 is 2.11 bits per heavy atom. The summed E-state index contributed by atoms with van der Waals surface area (Å²) < 4.78 is 43.0. The Morgan fingerprint density at radius 1 is 1.37 bits per heavy atom. The second-order valence-electron chi connectivity index (χ2n) is 6.87. The molecule has 152 valence electrons. The summed E-state index contributed by atoms with van der Waals surface area (Å²) in [5, 5.41) is 3.26. The Bertz CT molecular complexity index is 621. The molecule has 1 aliphatic rings. The molecular weight excluding hydrogens is 357 g/mol. The van der Waals surface area contributed by atoms with Gasteiger partial charge in [-0.1, -0.05) is 18.2 Å². The standard InChI is InChI=1S/C19H29F3N4O/c1-4-23-18(25(2)13-16-7-5-6-8-17(16)27-3)24-11-15-9-10-26(12-15)14-19(20,21)22/h5-8,15H,4,9-14H2,1-3H3,(H,23,24). The van der Waals surface area contributed by atoms with Gasteiger partial charge in [0.1, 0.15) is 5.75 Å². The fourth-order valence-electron chi connectivity index (χ4n) is 3.31. The topological polar surface area (TPSA) is 40.1 Å². The number of guanidine groups is 1. The maximum atomic E-state index is 12.5. The normalized spacial score (nSPS) is 18.6. The molecule has 5 nitrogen and oxygen atoms in total.